The largest absolute Gasteiger partial charge is 0.314 e. The number of unbranched alkanes of at least 4 members (excludes halogenated alkanes) is 3. The van der Waals surface area contributed by atoms with Crippen LogP contribution in [0.1, 0.15) is 97.3 Å². The third-order valence-corrected chi connectivity index (χ3v) is 4.74. The van der Waals surface area contributed by atoms with Gasteiger partial charge in [-0.3, -0.25) is 0 Å². The summed E-state index contributed by atoms with van der Waals surface area (Å²) in [6.45, 7) is 5.82. The molecule has 1 aliphatic rings. The first-order valence-corrected chi connectivity index (χ1v) is 9.11. The van der Waals surface area contributed by atoms with Gasteiger partial charge in [-0.25, -0.2) is 0 Å². The van der Waals surface area contributed by atoms with Crippen LogP contribution in [-0.2, 0) is 0 Å². The van der Waals surface area contributed by atoms with Crippen molar-refractivity contribution >= 4 is 0 Å². The molecule has 0 aromatic rings. The summed E-state index contributed by atoms with van der Waals surface area (Å²) < 4.78 is 0. The summed E-state index contributed by atoms with van der Waals surface area (Å²) >= 11 is 0. The molecule has 0 aromatic heterocycles. The first kappa shape index (κ1) is 17.0. The second-order valence-electron chi connectivity index (χ2n) is 6.52. The molecule has 0 bridgehead atoms. The molecule has 114 valence electrons. The van der Waals surface area contributed by atoms with E-state index in [0.29, 0.717) is 0 Å². The fourth-order valence-corrected chi connectivity index (χ4v) is 3.52. The van der Waals surface area contributed by atoms with E-state index in [-0.39, 0.29) is 0 Å². The molecule has 0 radical (unpaired) electrons. The zero-order chi connectivity index (χ0) is 13.8. The van der Waals surface area contributed by atoms with Gasteiger partial charge in [0.05, 0.1) is 0 Å². The van der Waals surface area contributed by atoms with Crippen molar-refractivity contribution in [2.45, 2.75) is 103 Å². The van der Waals surface area contributed by atoms with Crippen LogP contribution in [0.15, 0.2) is 0 Å². The molecule has 1 fully saturated rings. The predicted octanol–water partition coefficient (Wildman–Crippen LogP) is 5.69. The van der Waals surface area contributed by atoms with E-state index < -0.39 is 0 Å². The van der Waals surface area contributed by atoms with Gasteiger partial charge in [0.25, 0.3) is 0 Å². The fraction of sp³-hybridized carbons (Fsp3) is 1.00. The van der Waals surface area contributed by atoms with E-state index >= 15 is 0 Å². The number of hydrogen-bond acceptors (Lipinski definition) is 1. The Morgan fingerprint density at radius 3 is 2.16 bits per heavy atom. The molecule has 0 spiro atoms. The van der Waals surface area contributed by atoms with Crippen molar-refractivity contribution in [1.29, 1.82) is 0 Å². The first-order chi connectivity index (χ1) is 9.38. The molecule has 1 nitrogen and oxygen atoms in total. The summed E-state index contributed by atoms with van der Waals surface area (Å²) in [5.74, 6) is 0.966. The highest BCUT2D eigenvalue weighted by Crippen LogP contribution is 2.27. The Labute approximate surface area is 121 Å². The fourth-order valence-electron chi connectivity index (χ4n) is 3.52. The molecule has 1 unspecified atom stereocenters. The second kappa shape index (κ2) is 11.8. The molecule has 0 saturated heterocycles. The van der Waals surface area contributed by atoms with Gasteiger partial charge in [0.15, 0.2) is 0 Å². The zero-order valence-electron chi connectivity index (χ0n) is 13.6. The lowest BCUT2D eigenvalue weighted by molar-refractivity contribution is 0.268. The maximum atomic E-state index is 3.86. The van der Waals surface area contributed by atoms with Crippen LogP contribution < -0.4 is 5.32 Å². The summed E-state index contributed by atoms with van der Waals surface area (Å²) in [4.78, 5) is 0. The molecule has 1 aliphatic carbocycles. The average molecular weight is 268 g/mol. The van der Waals surface area contributed by atoms with Gasteiger partial charge in [-0.05, 0) is 38.1 Å². The minimum absolute atomic E-state index is 0.815. The highest BCUT2D eigenvalue weighted by molar-refractivity contribution is 4.78. The molecule has 19 heavy (non-hydrogen) atoms. The number of hydrogen-bond donors (Lipinski definition) is 1. The van der Waals surface area contributed by atoms with Gasteiger partial charge in [0.2, 0.25) is 0 Å². The van der Waals surface area contributed by atoms with Gasteiger partial charge < -0.3 is 5.32 Å². The molecular formula is C18H37N. The van der Waals surface area contributed by atoms with Crippen LogP contribution in [0.5, 0.6) is 0 Å². The van der Waals surface area contributed by atoms with E-state index in [0.717, 1.165) is 12.0 Å². The van der Waals surface area contributed by atoms with Gasteiger partial charge in [-0.1, -0.05) is 71.6 Å². The lowest BCUT2D eigenvalue weighted by Gasteiger charge is -2.30. The number of nitrogens with one attached hydrogen (secondary N) is 1. The smallest absolute Gasteiger partial charge is 0.00953 e. The minimum atomic E-state index is 0.815. The van der Waals surface area contributed by atoms with E-state index in [9.17, 15) is 0 Å². The van der Waals surface area contributed by atoms with Crippen molar-refractivity contribution in [3.05, 3.63) is 0 Å². The lowest BCUT2D eigenvalue weighted by Crippen LogP contribution is -2.37. The summed E-state index contributed by atoms with van der Waals surface area (Å²) in [6, 6.07) is 0.815. The molecule has 1 atom stereocenters. The highest BCUT2D eigenvalue weighted by Gasteiger charge is 2.20. The van der Waals surface area contributed by atoms with Crippen molar-refractivity contribution in [2.24, 2.45) is 5.92 Å². The zero-order valence-corrected chi connectivity index (χ0v) is 13.6. The predicted molar refractivity (Wildman–Crippen MR) is 86.6 cm³/mol. The third-order valence-electron chi connectivity index (χ3n) is 4.74. The van der Waals surface area contributed by atoms with Gasteiger partial charge >= 0.3 is 0 Å². The van der Waals surface area contributed by atoms with Crippen LogP contribution >= 0.6 is 0 Å². The van der Waals surface area contributed by atoms with Crippen molar-refractivity contribution in [3.63, 3.8) is 0 Å². The molecule has 1 saturated carbocycles. The van der Waals surface area contributed by atoms with Gasteiger partial charge in [0, 0.05) is 6.04 Å². The quantitative estimate of drug-likeness (QED) is 0.529. The van der Waals surface area contributed by atoms with Crippen molar-refractivity contribution in [2.75, 3.05) is 6.54 Å². The van der Waals surface area contributed by atoms with Crippen molar-refractivity contribution < 1.29 is 0 Å². The molecular weight excluding hydrogens is 230 g/mol. The Balaban J connectivity index is 2.35. The molecule has 1 heteroatoms. The topological polar surface area (TPSA) is 12.0 Å². The summed E-state index contributed by atoms with van der Waals surface area (Å²) in [6.07, 6.45) is 18.7. The van der Waals surface area contributed by atoms with Crippen LogP contribution in [0.3, 0.4) is 0 Å². The minimum Gasteiger partial charge on any atom is -0.314 e. The Hall–Kier alpha value is -0.0400. The Kier molecular flexibility index (Phi) is 10.5. The lowest BCUT2D eigenvalue weighted by atomic mass is 9.83. The second-order valence-corrected chi connectivity index (χ2v) is 6.52. The standard InChI is InChI=1S/C18H37N/c1-3-5-6-12-15-18(19-16-4-2)17-13-10-8-7-9-11-14-17/h17-19H,3-16H2,1-2H3. The van der Waals surface area contributed by atoms with Crippen LogP contribution in [0, 0.1) is 5.92 Å². The maximum absolute atomic E-state index is 3.86. The van der Waals surface area contributed by atoms with E-state index in [2.05, 4.69) is 19.2 Å². The van der Waals surface area contributed by atoms with Crippen LogP contribution in [0.2, 0.25) is 0 Å². The van der Waals surface area contributed by atoms with Gasteiger partial charge in [-0.2, -0.15) is 0 Å². The van der Waals surface area contributed by atoms with Crippen LogP contribution in [0.25, 0.3) is 0 Å². The first-order valence-electron chi connectivity index (χ1n) is 9.11. The Morgan fingerprint density at radius 1 is 0.842 bits per heavy atom. The Bertz CT molecular complexity index is 182. The highest BCUT2D eigenvalue weighted by atomic mass is 14.9. The van der Waals surface area contributed by atoms with E-state index in [1.165, 1.54) is 90.0 Å². The SMILES string of the molecule is CCCCCCC(NCCC)C1CCCCCCC1. The molecule has 0 aliphatic heterocycles. The van der Waals surface area contributed by atoms with Crippen LogP contribution in [0.4, 0.5) is 0 Å². The Morgan fingerprint density at radius 2 is 1.53 bits per heavy atom. The van der Waals surface area contributed by atoms with E-state index in [1.807, 2.05) is 0 Å². The van der Waals surface area contributed by atoms with E-state index in [1.54, 1.807) is 0 Å². The van der Waals surface area contributed by atoms with Crippen LogP contribution in [-0.4, -0.2) is 12.6 Å². The molecule has 0 amide bonds. The monoisotopic (exact) mass is 267 g/mol. The maximum Gasteiger partial charge on any atom is 0.00953 e. The summed E-state index contributed by atoms with van der Waals surface area (Å²) in [5.41, 5.74) is 0. The average Bonchev–Trinajstić information content (AvgIpc) is 2.38. The third kappa shape index (κ3) is 7.97. The number of rotatable bonds is 9. The van der Waals surface area contributed by atoms with Gasteiger partial charge in [0.1, 0.15) is 0 Å². The summed E-state index contributed by atoms with van der Waals surface area (Å²) in [7, 11) is 0. The van der Waals surface area contributed by atoms with Crippen molar-refractivity contribution in [1.82, 2.24) is 5.32 Å². The van der Waals surface area contributed by atoms with E-state index in [4.69, 9.17) is 0 Å². The molecule has 1 N–H and O–H groups in total. The van der Waals surface area contributed by atoms with Gasteiger partial charge in [-0.15, -0.1) is 0 Å². The molecule has 0 aromatic carbocycles. The molecule has 1 rings (SSSR count). The summed E-state index contributed by atoms with van der Waals surface area (Å²) in [5, 5.41) is 3.86. The normalized spacial score (nSPS) is 19.9. The van der Waals surface area contributed by atoms with Crippen molar-refractivity contribution in [3.8, 4) is 0 Å². The molecule has 0 heterocycles.